The molecule has 0 atom stereocenters. The molecule has 58 valence electrons. The Hall–Kier alpha value is -0.590. The van der Waals surface area contributed by atoms with E-state index >= 15 is 0 Å². The highest BCUT2D eigenvalue weighted by atomic mass is 16.1. The van der Waals surface area contributed by atoms with Crippen LogP contribution in [0.5, 0.6) is 0 Å². The summed E-state index contributed by atoms with van der Waals surface area (Å²) < 4.78 is 0. The van der Waals surface area contributed by atoms with E-state index in [1.165, 1.54) is 0 Å². The zero-order valence-corrected chi connectivity index (χ0v) is 7.11. The predicted octanol–water partition coefficient (Wildman–Crippen LogP) is 2.57. The van der Waals surface area contributed by atoms with Gasteiger partial charge in [0.05, 0.1) is 0 Å². The summed E-state index contributed by atoms with van der Waals surface area (Å²) in [7, 11) is 0. The summed E-state index contributed by atoms with van der Waals surface area (Å²) in [5.74, 6) is 0.259. The number of hydrogen-bond donors (Lipinski definition) is 0. The molecular formula is C9H16O. The van der Waals surface area contributed by atoms with E-state index in [9.17, 15) is 4.79 Å². The Balaban J connectivity index is 3.67. The topological polar surface area (TPSA) is 17.1 Å². The van der Waals surface area contributed by atoms with Gasteiger partial charge in [0.2, 0.25) is 0 Å². The van der Waals surface area contributed by atoms with E-state index in [0.29, 0.717) is 6.42 Å². The van der Waals surface area contributed by atoms with Gasteiger partial charge >= 0.3 is 0 Å². The highest BCUT2D eigenvalue weighted by Gasteiger charge is 2.12. The summed E-state index contributed by atoms with van der Waals surface area (Å²) >= 11 is 0. The largest absolute Gasteiger partial charge is 0.300 e. The highest BCUT2D eigenvalue weighted by Crippen LogP contribution is 2.22. The van der Waals surface area contributed by atoms with E-state index in [4.69, 9.17) is 0 Å². The van der Waals surface area contributed by atoms with E-state index < -0.39 is 0 Å². The lowest BCUT2D eigenvalue weighted by atomic mass is 9.87. The second-order valence-corrected chi connectivity index (χ2v) is 3.39. The summed E-state index contributed by atoms with van der Waals surface area (Å²) in [4.78, 5) is 10.6. The van der Waals surface area contributed by atoms with E-state index in [-0.39, 0.29) is 11.2 Å². The summed E-state index contributed by atoms with van der Waals surface area (Å²) in [5.41, 5.74) is 0.117. The van der Waals surface area contributed by atoms with Crippen LogP contribution in [0.1, 0.15) is 33.6 Å². The number of rotatable bonds is 4. The van der Waals surface area contributed by atoms with Gasteiger partial charge in [0.1, 0.15) is 5.78 Å². The first-order valence-electron chi connectivity index (χ1n) is 3.61. The summed E-state index contributed by atoms with van der Waals surface area (Å²) in [6, 6.07) is 0. The Labute approximate surface area is 63.1 Å². The first-order chi connectivity index (χ1) is 4.48. The first kappa shape index (κ1) is 9.41. The number of ketones is 1. The Kier molecular flexibility index (Phi) is 3.34. The van der Waals surface area contributed by atoms with Gasteiger partial charge in [0, 0.05) is 6.42 Å². The fourth-order valence-electron chi connectivity index (χ4n) is 0.600. The van der Waals surface area contributed by atoms with Crippen LogP contribution in [-0.4, -0.2) is 5.78 Å². The van der Waals surface area contributed by atoms with Crippen LogP contribution in [0, 0.1) is 5.41 Å². The van der Waals surface area contributed by atoms with Crippen LogP contribution in [0.2, 0.25) is 0 Å². The molecule has 0 rings (SSSR count). The molecule has 0 aromatic heterocycles. The Morgan fingerprint density at radius 2 is 2.10 bits per heavy atom. The molecule has 10 heavy (non-hydrogen) atoms. The average molecular weight is 140 g/mol. The summed E-state index contributed by atoms with van der Waals surface area (Å²) in [6.07, 6.45) is 3.47. The van der Waals surface area contributed by atoms with Crippen molar-refractivity contribution in [1.82, 2.24) is 0 Å². The standard InChI is InChI=1S/C9H16O/c1-5-9(3,4)7-6-8(2)10/h5H,1,6-7H2,2-4H3. The zero-order chi connectivity index (χ0) is 8.20. The molecule has 0 aromatic carbocycles. The average Bonchev–Trinajstić information content (AvgIpc) is 1.85. The lowest BCUT2D eigenvalue weighted by Gasteiger charge is -2.17. The quantitative estimate of drug-likeness (QED) is 0.548. The van der Waals surface area contributed by atoms with Crippen LogP contribution < -0.4 is 0 Å². The molecule has 0 N–H and O–H groups in total. The Bertz CT molecular complexity index is 134. The fraction of sp³-hybridized carbons (Fsp3) is 0.667. The van der Waals surface area contributed by atoms with Gasteiger partial charge in [-0.05, 0) is 18.8 Å². The maximum atomic E-state index is 10.6. The second kappa shape index (κ2) is 3.55. The number of allylic oxidation sites excluding steroid dienone is 1. The molecule has 0 fully saturated rings. The molecule has 0 amide bonds. The molecule has 0 saturated heterocycles. The van der Waals surface area contributed by atoms with E-state index in [0.717, 1.165) is 6.42 Å². The SMILES string of the molecule is C=CC(C)(C)CCC(C)=O. The van der Waals surface area contributed by atoms with Crippen LogP contribution >= 0.6 is 0 Å². The highest BCUT2D eigenvalue weighted by molar-refractivity contribution is 5.75. The third-order valence-electron chi connectivity index (χ3n) is 1.67. The van der Waals surface area contributed by atoms with Crippen molar-refractivity contribution in [3.05, 3.63) is 12.7 Å². The van der Waals surface area contributed by atoms with Gasteiger partial charge in [-0.15, -0.1) is 6.58 Å². The number of carbonyl (C=O) groups excluding carboxylic acids is 1. The van der Waals surface area contributed by atoms with Crippen molar-refractivity contribution < 1.29 is 4.79 Å². The molecule has 0 saturated carbocycles. The predicted molar refractivity (Wildman–Crippen MR) is 43.9 cm³/mol. The second-order valence-electron chi connectivity index (χ2n) is 3.39. The van der Waals surface area contributed by atoms with E-state index in [1.807, 2.05) is 6.08 Å². The Morgan fingerprint density at radius 3 is 2.40 bits per heavy atom. The van der Waals surface area contributed by atoms with Gasteiger partial charge in [0.25, 0.3) is 0 Å². The van der Waals surface area contributed by atoms with E-state index in [1.54, 1.807) is 6.92 Å². The van der Waals surface area contributed by atoms with Crippen LogP contribution in [0.4, 0.5) is 0 Å². The maximum Gasteiger partial charge on any atom is 0.129 e. The monoisotopic (exact) mass is 140 g/mol. The van der Waals surface area contributed by atoms with Crippen molar-refractivity contribution in [2.75, 3.05) is 0 Å². The van der Waals surface area contributed by atoms with Crippen LogP contribution in [0.15, 0.2) is 12.7 Å². The number of Topliss-reactive ketones (excluding diaryl/α,β-unsaturated/α-hetero) is 1. The summed E-state index contributed by atoms with van der Waals surface area (Å²) in [6.45, 7) is 9.50. The molecule has 0 radical (unpaired) electrons. The van der Waals surface area contributed by atoms with Gasteiger partial charge in [-0.2, -0.15) is 0 Å². The smallest absolute Gasteiger partial charge is 0.129 e. The number of carbonyl (C=O) groups is 1. The van der Waals surface area contributed by atoms with Crippen molar-refractivity contribution in [2.24, 2.45) is 5.41 Å². The van der Waals surface area contributed by atoms with Gasteiger partial charge in [0.15, 0.2) is 0 Å². The Morgan fingerprint density at radius 1 is 1.60 bits per heavy atom. The molecule has 1 heteroatoms. The van der Waals surface area contributed by atoms with Crippen molar-refractivity contribution in [3.8, 4) is 0 Å². The van der Waals surface area contributed by atoms with E-state index in [2.05, 4.69) is 20.4 Å². The van der Waals surface area contributed by atoms with Gasteiger partial charge in [-0.3, -0.25) is 0 Å². The minimum absolute atomic E-state index is 0.117. The normalized spacial score (nSPS) is 11.1. The first-order valence-corrected chi connectivity index (χ1v) is 3.61. The lowest BCUT2D eigenvalue weighted by molar-refractivity contribution is -0.117. The molecule has 0 unspecified atom stereocenters. The van der Waals surface area contributed by atoms with Gasteiger partial charge in [-0.1, -0.05) is 19.9 Å². The third-order valence-corrected chi connectivity index (χ3v) is 1.67. The van der Waals surface area contributed by atoms with Crippen molar-refractivity contribution in [3.63, 3.8) is 0 Å². The minimum Gasteiger partial charge on any atom is -0.300 e. The van der Waals surface area contributed by atoms with Gasteiger partial charge < -0.3 is 4.79 Å². The molecule has 0 aliphatic heterocycles. The molecule has 0 bridgehead atoms. The van der Waals surface area contributed by atoms with Crippen molar-refractivity contribution in [1.29, 1.82) is 0 Å². The van der Waals surface area contributed by atoms with Crippen molar-refractivity contribution >= 4 is 5.78 Å². The third kappa shape index (κ3) is 4.30. The zero-order valence-electron chi connectivity index (χ0n) is 7.11. The molecule has 0 heterocycles. The van der Waals surface area contributed by atoms with Crippen molar-refractivity contribution in [2.45, 2.75) is 33.6 Å². The van der Waals surface area contributed by atoms with Crippen LogP contribution in [0.25, 0.3) is 0 Å². The van der Waals surface area contributed by atoms with Crippen LogP contribution in [-0.2, 0) is 4.79 Å². The molecule has 0 aromatic rings. The van der Waals surface area contributed by atoms with Crippen LogP contribution in [0.3, 0.4) is 0 Å². The molecule has 1 nitrogen and oxygen atoms in total. The molecule has 0 aliphatic carbocycles. The summed E-state index contributed by atoms with van der Waals surface area (Å²) in [5, 5.41) is 0. The fourth-order valence-corrected chi connectivity index (χ4v) is 0.600. The van der Waals surface area contributed by atoms with Gasteiger partial charge in [-0.25, -0.2) is 0 Å². The number of hydrogen-bond acceptors (Lipinski definition) is 1. The molecular weight excluding hydrogens is 124 g/mol. The minimum atomic E-state index is 0.117. The molecule has 0 aliphatic rings. The lowest BCUT2D eigenvalue weighted by Crippen LogP contribution is -2.08. The maximum absolute atomic E-state index is 10.6. The molecule has 0 spiro atoms.